The maximum Gasteiger partial charge on any atom is 0.264 e. The first kappa shape index (κ1) is 33.9. The van der Waals surface area contributed by atoms with Crippen molar-refractivity contribution in [3.63, 3.8) is 0 Å². The Balaban J connectivity index is 1.29. The number of hydrogen-bond acceptors (Lipinski definition) is 8. The van der Waals surface area contributed by atoms with Gasteiger partial charge in [0.15, 0.2) is 17.2 Å². The number of nitriles is 1. The standard InChI is InChI=1S/C36H39F3N8O2/c1-3-45(4-2)21-36(14-5-6-15-36)18-23(19-40)35(48)46-16-8-9-24(20-46)47-34-30(33(41)42-22-43-34)32(44-47)26-13-12-25(17-28(26)38)49-29-11-7-10-27(37)31(29)39/h7,10-13,17-18,22,24H,3-6,8-9,14-16,20-21H2,1-2H3,(H2,41,42,43). The molecule has 2 fully saturated rings. The van der Waals surface area contributed by atoms with Crippen molar-refractivity contribution in [2.75, 3.05) is 38.5 Å². The maximum atomic E-state index is 15.7. The molecule has 4 aromatic rings. The van der Waals surface area contributed by atoms with Crippen LogP contribution in [0.2, 0.25) is 0 Å². The second kappa shape index (κ2) is 14.3. The molecule has 10 nitrogen and oxygen atoms in total. The fraction of sp³-hybridized carbons (Fsp3) is 0.417. The van der Waals surface area contributed by atoms with Crippen LogP contribution in [0.4, 0.5) is 19.0 Å². The molecule has 1 saturated heterocycles. The van der Waals surface area contributed by atoms with E-state index in [9.17, 15) is 18.8 Å². The van der Waals surface area contributed by atoms with Crippen molar-refractivity contribution in [3.05, 3.63) is 71.8 Å². The van der Waals surface area contributed by atoms with Gasteiger partial charge in [-0.3, -0.25) is 4.79 Å². The Labute approximate surface area is 283 Å². The molecule has 49 heavy (non-hydrogen) atoms. The number of likely N-dealkylation sites (tertiary alicyclic amines) is 1. The third kappa shape index (κ3) is 6.83. The van der Waals surface area contributed by atoms with Crippen molar-refractivity contribution in [2.45, 2.75) is 58.4 Å². The van der Waals surface area contributed by atoms with Crippen molar-refractivity contribution < 1.29 is 22.7 Å². The summed E-state index contributed by atoms with van der Waals surface area (Å²) in [6.07, 6.45) is 8.58. The molecule has 1 saturated carbocycles. The van der Waals surface area contributed by atoms with Crippen LogP contribution in [0.5, 0.6) is 11.5 Å². The quantitative estimate of drug-likeness (QED) is 0.144. The van der Waals surface area contributed by atoms with Crippen LogP contribution in [0.3, 0.4) is 0 Å². The summed E-state index contributed by atoms with van der Waals surface area (Å²) < 4.78 is 50.6. The predicted octanol–water partition coefficient (Wildman–Crippen LogP) is 6.80. The summed E-state index contributed by atoms with van der Waals surface area (Å²) in [4.78, 5) is 26.5. The van der Waals surface area contributed by atoms with Gasteiger partial charge in [-0.05, 0) is 63.0 Å². The number of amides is 1. The predicted molar refractivity (Wildman–Crippen MR) is 179 cm³/mol. The van der Waals surface area contributed by atoms with Gasteiger partial charge in [0.1, 0.15) is 41.0 Å². The summed E-state index contributed by atoms with van der Waals surface area (Å²) >= 11 is 0. The van der Waals surface area contributed by atoms with E-state index in [1.165, 1.54) is 30.6 Å². The lowest BCUT2D eigenvalue weighted by molar-refractivity contribution is -0.128. The minimum absolute atomic E-state index is 0.0435. The van der Waals surface area contributed by atoms with Crippen molar-refractivity contribution in [1.29, 1.82) is 5.26 Å². The number of aromatic nitrogens is 4. The van der Waals surface area contributed by atoms with Crippen LogP contribution >= 0.6 is 0 Å². The number of piperidine rings is 1. The van der Waals surface area contributed by atoms with Gasteiger partial charge in [0, 0.05) is 36.7 Å². The Bertz CT molecular complexity index is 1930. The lowest BCUT2D eigenvalue weighted by atomic mass is 9.83. The van der Waals surface area contributed by atoms with Gasteiger partial charge in [-0.25, -0.2) is 23.4 Å². The fourth-order valence-corrected chi connectivity index (χ4v) is 7.16. The fourth-order valence-electron chi connectivity index (χ4n) is 7.16. The Morgan fingerprint density at radius 2 is 1.90 bits per heavy atom. The molecule has 3 heterocycles. The molecule has 2 aliphatic rings. The van der Waals surface area contributed by atoms with Crippen molar-refractivity contribution in [3.8, 4) is 28.8 Å². The van der Waals surface area contributed by atoms with Crippen LogP contribution in [0.15, 0.2) is 54.4 Å². The number of halogens is 3. The van der Waals surface area contributed by atoms with E-state index in [2.05, 4.69) is 34.8 Å². The highest BCUT2D eigenvalue weighted by molar-refractivity contribution is 5.99. The zero-order valence-corrected chi connectivity index (χ0v) is 27.6. The third-order valence-electron chi connectivity index (χ3n) is 9.72. The highest BCUT2D eigenvalue weighted by atomic mass is 19.2. The van der Waals surface area contributed by atoms with E-state index in [0.29, 0.717) is 30.4 Å². The first-order valence-electron chi connectivity index (χ1n) is 16.7. The van der Waals surface area contributed by atoms with Gasteiger partial charge in [-0.15, -0.1) is 0 Å². The van der Waals surface area contributed by atoms with Crippen molar-refractivity contribution >= 4 is 22.8 Å². The van der Waals surface area contributed by atoms with E-state index in [1.807, 2.05) is 6.08 Å². The molecule has 256 valence electrons. The van der Waals surface area contributed by atoms with E-state index in [-0.39, 0.29) is 58.1 Å². The number of hydrogen-bond donors (Lipinski definition) is 1. The highest BCUT2D eigenvalue weighted by Crippen LogP contribution is 2.42. The molecule has 1 amide bonds. The van der Waals surface area contributed by atoms with E-state index in [0.717, 1.165) is 57.5 Å². The van der Waals surface area contributed by atoms with Gasteiger partial charge < -0.3 is 20.3 Å². The molecule has 13 heteroatoms. The van der Waals surface area contributed by atoms with Crippen molar-refractivity contribution in [1.82, 2.24) is 29.5 Å². The number of ether oxygens (including phenoxy) is 1. The molecule has 0 bridgehead atoms. The molecular weight excluding hydrogens is 633 g/mol. The summed E-state index contributed by atoms with van der Waals surface area (Å²) in [6, 6.07) is 9.25. The first-order chi connectivity index (χ1) is 23.7. The van der Waals surface area contributed by atoms with Crippen LogP contribution in [0.25, 0.3) is 22.3 Å². The van der Waals surface area contributed by atoms with Crippen LogP contribution in [-0.4, -0.2) is 68.2 Å². The average Bonchev–Trinajstić information content (AvgIpc) is 3.74. The number of nitrogens with zero attached hydrogens (tertiary/aromatic N) is 7. The lowest BCUT2D eigenvalue weighted by Crippen LogP contribution is -2.42. The SMILES string of the molecule is CCN(CC)CC1(C=C(C#N)C(=O)N2CCCC(n3nc(-c4ccc(Oc5cccc(F)c5F)cc4F)c4c(N)ncnc43)C2)CCCC1. The van der Waals surface area contributed by atoms with Gasteiger partial charge >= 0.3 is 0 Å². The molecule has 0 radical (unpaired) electrons. The zero-order chi connectivity index (χ0) is 34.7. The van der Waals surface area contributed by atoms with Gasteiger partial charge in [-0.2, -0.15) is 14.8 Å². The van der Waals surface area contributed by atoms with Crippen LogP contribution in [0, 0.1) is 34.2 Å². The number of nitrogen functional groups attached to an aromatic ring is 1. The van der Waals surface area contributed by atoms with Gasteiger partial charge in [0.05, 0.1) is 11.4 Å². The summed E-state index contributed by atoms with van der Waals surface area (Å²) in [6.45, 7) is 7.63. The monoisotopic (exact) mass is 672 g/mol. The molecule has 1 atom stereocenters. The average molecular weight is 673 g/mol. The maximum absolute atomic E-state index is 15.7. The van der Waals surface area contributed by atoms with Crippen LogP contribution in [0.1, 0.15) is 58.4 Å². The van der Waals surface area contributed by atoms with Gasteiger partial charge in [-0.1, -0.05) is 38.8 Å². The van der Waals surface area contributed by atoms with E-state index in [4.69, 9.17) is 15.6 Å². The highest BCUT2D eigenvalue weighted by Gasteiger charge is 2.36. The minimum Gasteiger partial charge on any atom is -0.454 e. The number of carbonyl (C=O) groups excluding carboxylic acids is 1. The van der Waals surface area contributed by atoms with Gasteiger partial charge in [0.25, 0.3) is 5.91 Å². The van der Waals surface area contributed by atoms with Crippen molar-refractivity contribution in [2.24, 2.45) is 5.41 Å². The zero-order valence-electron chi connectivity index (χ0n) is 27.6. The molecule has 2 aromatic heterocycles. The van der Waals surface area contributed by atoms with Crippen LogP contribution in [-0.2, 0) is 4.79 Å². The van der Waals surface area contributed by atoms with E-state index >= 15 is 4.39 Å². The first-order valence-corrected chi connectivity index (χ1v) is 16.7. The topological polar surface area (TPSA) is 126 Å². The molecule has 2 aromatic carbocycles. The minimum atomic E-state index is -1.18. The lowest BCUT2D eigenvalue weighted by Gasteiger charge is -2.34. The molecule has 1 aliphatic carbocycles. The molecule has 1 unspecified atom stereocenters. The largest absolute Gasteiger partial charge is 0.454 e. The number of fused-ring (bicyclic) bond motifs is 1. The Morgan fingerprint density at radius 3 is 2.61 bits per heavy atom. The van der Waals surface area contributed by atoms with E-state index < -0.39 is 17.5 Å². The molecule has 2 N–H and O–H groups in total. The molecule has 1 aliphatic heterocycles. The van der Waals surface area contributed by atoms with E-state index in [1.54, 1.807) is 9.58 Å². The smallest absolute Gasteiger partial charge is 0.264 e. The summed E-state index contributed by atoms with van der Waals surface area (Å²) in [7, 11) is 0. The number of rotatable bonds is 10. The Kier molecular flexibility index (Phi) is 9.87. The normalized spacial score (nSPS) is 17.9. The third-order valence-corrected chi connectivity index (χ3v) is 9.72. The second-order valence-electron chi connectivity index (χ2n) is 12.8. The number of carbonyl (C=O) groups is 1. The second-order valence-corrected chi connectivity index (χ2v) is 12.8. The van der Waals surface area contributed by atoms with Crippen LogP contribution < -0.4 is 10.5 Å². The number of anilines is 1. The molecule has 6 rings (SSSR count). The Hall–Kier alpha value is -4.96. The molecular formula is C36H39F3N8O2. The summed E-state index contributed by atoms with van der Waals surface area (Å²) in [5.41, 5.74) is 6.88. The molecule has 0 spiro atoms. The Morgan fingerprint density at radius 1 is 1.12 bits per heavy atom. The number of nitrogens with two attached hydrogens (primary N) is 1. The number of benzene rings is 2. The summed E-state index contributed by atoms with van der Waals surface area (Å²) in [5.74, 6) is -3.64. The van der Waals surface area contributed by atoms with Gasteiger partial charge in [0.2, 0.25) is 5.82 Å². The summed E-state index contributed by atoms with van der Waals surface area (Å²) in [5, 5.41) is 15.3.